The van der Waals surface area contributed by atoms with E-state index in [4.69, 9.17) is 0 Å². The molecule has 94 valence electrons. The molecule has 0 aromatic heterocycles. The molecule has 0 saturated heterocycles. The largest absolute Gasteiger partial charge is 0.348 e. The zero-order chi connectivity index (χ0) is 12.7. The maximum atomic E-state index is 11.8. The van der Waals surface area contributed by atoms with E-state index in [0.29, 0.717) is 0 Å². The van der Waals surface area contributed by atoms with Gasteiger partial charge in [-0.15, -0.1) is 0 Å². The molecule has 0 saturated carbocycles. The molecule has 0 fully saturated rings. The van der Waals surface area contributed by atoms with Crippen molar-refractivity contribution in [3.05, 3.63) is 0 Å². The van der Waals surface area contributed by atoms with Gasteiger partial charge in [-0.05, 0) is 12.5 Å². The summed E-state index contributed by atoms with van der Waals surface area (Å²) in [5.74, 6) is 0.157. The Kier molecular flexibility index (Phi) is 6.97. The Labute approximate surface area is 98.2 Å². The monoisotopic (exact) mass is 228 g/mol. The van der Waals surface area contributed by atoms with E-state index in [-0.39, 0.29) is 36.1 Å². The number of carbonyl (C=O) groups excluding carboxylic acids is 2. The minimum Gasteiger partial charge on any atom is -0.348 e. The predicted molar refractivity (Wildman–Crippen MR) is 65.2 cm³/mol. The lowest BCUT2D eigenvalue weighted by atomic mass is 10.0. The van der Waals surface area contributed by atoms with Gasteiger partial charge in [-0.1, -0.05) is 34.6 Å². The van der Waals surface area contributed by atoms with Crippen molar-refractivity contribution in [3.8, 4) is 0 Å². The number of amides is 1. The van der Waals surface area contributed by atoms with Gasteiger partial charge in [0.2, 0.25) is 5.91 Å². The van der Waals surface area contributed by atoms with Gasteiger partial charge in [0.1, 0.15) is 0 Å². The summed E-state index contributed by atoms with van der Waals surface area (Å²) in [6, 6.07) is -0.218. The molecular formula is C12H24N2O2. The minimum absolute atomic E-state index is 0.0306. The second kappa shape index (κ2) is 7.39. The van der Waals surface area contributed by atoms with Gasteiger partial charge in [0.05, 0.1) is 12.6 Å². The third-order valence-electron chi connectivity index (χ3n) is 2.45. The summed E-state index contributed by atoms with van der Waals surface area (Å²) in [5.41, 5.74) is 0. The highest BCUT2D eigenvalue weighted by Crippen LogP contribution is 2.01. The Hall–Kier alpha value is -0.900. The molecule has 0 aromatic carbocycles. The number of nitrogens with one attached hydrogen (secondary N) is 2. The highest BCUT2D eigenvalue weighted by molar-refractivity contribution is 5.89. The van der Waals surface area contributed by atoms with Crippen molar-refractivity contribution >= 4 is 11.7 Å². The molecule has 1 unspecified atom stereocenters. The number of rotatable bonds is 7. The van der Waals surface area contributed by atoms with E-state index in [0.717, 1.165) is 6.54 Å². The van der Waals surface area contributed by atoms with Gasteiger partial charge in [-0.3, -0.25) is 9.59 Å². The normalized spacial score (nSPS) is 12.9. The molecule has 0 radical (unpaired) electrons. The van der Waals surface area contributed by atoms with Gasteiger partial charge in [-0.25, -0.2) is 0 Å². The Bertz CT molecular complexity index is 237. The molecule has 0 aromatic rings. The molecule has 0 aliphatic carbocycles. The highest BCUT2D eigenvalue weighted by Gasteiger charge is 2.21. The van der Waals surface area contributed by atoms with Crippen molar-refractivity contribution in [3.63, 3.8) is 0 Å². The van der Waals surface area contributed by atoms with Crippen molar-refractivity contribution in [2.45, 2.75) is 40.7 Å². The SMILES string of the molecule is CCNC(C(=O)NCC(=O)C(C)C)C(C)C. The molecule has 0 rings (SSSR count). The summed E-state index contributed by atoms with van der Waals surface area (Å²) in [7, 11) is 0. The molecule has 1 atom stereocenters. The maximum Gasteiger partial charge on any atom is 0.237 e. The maximum absolute atomic E-state index is 11.8. The van der Waals surface area contributed by atoms with Crippen LogP contribution in [0.2, 0.25) is 0 Å². The second-order valence-electron chi connectivity index (χ2n) is 4.62. The van der Waals surface area contributed by atoms with Crippen molar-refractivity contribution in [2.24, 2.45) is 11.8 Å². The zero-order valence-corrected chi connectivity index (χ0v) is 11.0. The number of Topliss-reactive ketones (excluding diaryl/α,β-unsaturated/α-hetero) is 1. The quantitative estimate of drug-likeness (QED) is 0.682. The molecule has 0 spiro atoms. The third kappa shape index (κ3) is 5.26. The molecule has 0 aliphatic heterocycles. The lowest BCUT2D eigenvalue weighted by Gasteiger charge is -2.20. The van der Waals surface area contributed by atoms with Gasteiger partial charge >= 0.3 is 0 Å². The van der Waals surface area contributed by atoms with E-state index in [1.807, 2.05) is 34.6 Å². The van der Waals surface area contributed by atoms with Crippen LogP contribution in [0.5, 0.6) is 0 Å². The molecule has 4 heteroatoms. The van der Waals surface area contributed by atoms with Gasteiger partial charge in [-0.2, -0.15) is 0 Å². The number of hydrogen-bond donors (Lipinski definition) is 2. The van der Waals surface area contributed by atoms with Crippen molar-refractivity contribution in [2.75, 3.05) is 13.1 Å². The van der Waals surface area contributed by atoms with E-state index >= 15 is 0 Å². The fourth-order valence-electron chi connectivity index (χ4n) is 1.34. The second-order valence-corrected chi connectivity index (χ2v) is 4.62. The minimum atomic E-state index is -0.218. The number of ketones is 1. The van der Waals surface area contributed by atoms with Gasteiger partial charge < -0.3 is 10.6 Å². The third-order valence-corrected chi connectivity index (χ3v) is 2.45. The first-order valence-corrected chi connectivity index (χ1v) is 5.93. The van der Waals surface area contributed by atoms with Crippen LogP contribution in [0.1, 0.15) is 34.6 Å². The molecule has 1 amide bonds. The first-order chi connectivity index (χ1) is 7.40. The fourth-order valence-corrected chi connectivity index (χ4v) is 1.34. The standard InChI is InChI=1S/C12H24N2O2/c1-6-13-11(9(4)5)12(16)14-7-10(15)8(2)3/h8-9,11,13H,6-7H2,1-5H3,(H,14,16). The molecule has 16 heavy (non-hydrogen) atoms. The topological polar surface area (TPSA) is 58.2 Å². The summed E-state index contributed by atoms with van der Waals surface area (Å²) in [4.78, 5) is 23.1. The molecule has 4 nitrogen and oxygen atoms in total. The molecular weight excluding hydrogens is 204 g/mol. The average Bonchev–Trinajstić information content (AvgIpc) is 2.21. The van der Waals surface area contributed by atoms with E-state index < -0.39 is 0 Å². The Morgan fingerprint density at radius 1 is 1.12 bits per heavy atom. The predicted octanol–water partition coefficient (Wildman–Crippen LogP) is 0.962. The van der Waals surface area contributed by atoms with E-state index in [1.54, 1.807) is 0 Å². The molecule has 0 aliphatic rings. The molecule has 2 N–H and O–H groups in total. The van der Waals surface area contributed by atoms with Crippen LogP contribution in [0, 0.1) is 11.8 Å². The van der Waals surface area contributed by atoms with Crippen LogP contribution in [0.25, 0.3) is 0 Å². The van der Waals surface area contributed by atoms with Crippen LogP contribution < -0.4 is 10.6 Å². The highest BCUT2D eigenvalue weighted by atomic mass is 16.2. The summed E-state index contributed by atoms with van der Waals surface area (Å²) in [5, 5.41) is 5.79. The number of likely N-dealkylation sites (N-methyl/N-ethyl adjacent to an activating group) is 1. The average molecular weight is 228 g/mol. The van der Waals surface area contributed by atoms with Crippen molar-refractivity contribution in [1.82, 2.24) is 10.6 Å². The van der Waals surface area contributed by atoms with Crippen LogP contribution in [0.3, 0.4) is 0 Å². The summed E-state index contributed by atoms with van der Waals surface area (Å²) in [6.45, 7) is 10.5. The van der Waals surface area contributed by atoms with Crippen LogP contribution in [0.4, 0.5) is 0 Å². The lowest BCUT2D eigenvalue weighted by molar-refractivity contribution is -0.128. The van der Waals surface area contributed by atoms with Gasteiger partial charge in [0.15, 0.2) is 5.78 Å². The number of hydrogen-bond acceptors (Lipinski definition) is 3. The van der Waals surface area contributed by atoms with Crippen molar-refractivity contribution in [1.29, 1.82) is 0 Å². The summed E-state index contributed by atoms with van der Waals surface area (Å²) < 4.78 is 0. The van der Waals surface area contributed by atoms with Gasteiger partial charge in [0.25, 0.3) is 0 Å². The van der Waals surface area contributed by atoms with Crippen LogP contribution in [-0.2, 0) is 9.59 Å². The Morgan fingerprint density at radius 3 is 2.06 bits per heavy atom. The molecule has 0 heterocycles. The van der Waals surface area contributed by atoms with Gasteiger partial charge in [0, 0.05) is 5.92 Å². The smallest absolute Gasteiger partial charge is 0.237 e. The van der Waals surface area contributed by atoms with E-state index in [1.165, 1.54) is 0 Å². The lowest BCUT2D eigenvalue weighted by Crippen LogP contribution is -2.48. The Balaban J connectivity index is 4.16. The Morgan fingerprint density at radius 2 is 1.69 bits per heavy atom. The van der Waals surface area contributed by atoms with E-state index in [2.05, 4.69) is 10.6 Å². The number of carbonyl (C=O) groups is 2. The molecule has 0 bridgehead atoms. The fraction of sp³-hybridized carbons (Fsp3) is 0.833. The zero-order valence-electron chi connectivity index (χ0n) is 11.0. The summed E-state index contributed by atoms with van der Waals surface area (Å²) in [6.07, 6.45) is 0. The first kappa shape index (κ1) is 15.1. The summed E-state index contributed by atoms with van der Waals surface area (Å²) >= 11 is 0. The van der Waals surface area contributed by atoms with Crippen LogP contribution >= 0.6 is 0 Å². The first-order valence-electron chi connectivity index (χ1n) is 5.93. The van der Waals surface area contributed by atoms with Crippen molar-refractivity contribution < 1.29 is 9.59 Å². The van der Waals surface area contributed by atoms with Crippen LogP contribution in [-0.4, -0.2) is 30.8 Å². The van der Waals surface area contributed by atoms with Crippen LogP contribution in [0.15, 0.2) is 0 Å². The van der Waals surface area contributed by atoms with E-state index in [9.17, 15) is 9.59 Å².